The van der Waals surface area contributed by atoms with Crippen LogP contribution >= 0.6 is 0 Å². The number of imidazole rings is 1. The van der Waals surface area contributed by atoms with Crippen LogP contribution in [0.4, 0.5) is 0 Å². The monoisotopic (exact) mass is 341 g/mol. The number of hydrogen-bond donors (Lipinski definition) is 2. The number of carbonyl (C=O) groups is 1. The van der Waals surface area contributed by atoms with Gasteiger partial charge >= 0.3 is 0 Å². The fourth-order valence-electron chi connectivity index (χ4n) is 3.00. The van der Waals surface area contributed by atoms with Crippen molar-refractivity contribution in [2.24, 2.45) is 13.0 Å². The lowest BCUT2D eigenvalue weighted by molar-refractivity contribution is 0.0713. The number of rotatable bonds is 7. The van der Waals surface area contributed by atoms with Crippen LogP contribution in [-0.2, 0) is 13.5 Å². The van der Waals surface area contributed by atoms with Crippen LogP contribution in [0.2, 0.25) is 0 Å². The number of nitrogens with zero attached hydrogens (tertiary/aromatic N) is 2. The molecule has 3 rings (SSSR count). The van der Waals surface area contributed by atoms with Gasteiger partial charge in [-0.1, -0.05) is 12.1 Å². The molecule has 1 heterocycles. The van der Waals surface area contributed by atoms with Gasteiger partial charge in [-0.3, -0.25) is 4.79 Å². The number of hydrogen-bond acceptors (Lipinski definition) is 3. The van der Waals surface area contributed by atoms with Crippen LogP contribution in [0.5, 0.6) is 0 Å². The van der Waals surface area contributed by atoms with Crippen molar-refractivity contribution >= 4 is 5.91 Å². The van der Waals surface area contributed by atoms with E-state index in [1.807, 2.05) is 55.9 Å². The van der Waals surface area contributed by atoms with E-state index in [0.717, 1.165) is 30.7 Å². The van der Waals surface area contributed by atoms with Gasteiger partial charge in [-0.05, 0) is 63.1 Å². The van der Waals surface area contributed by atoms with Crippen molar-refractivity contribution in [1.82, 2.24) is 14.9 Å². The van der Waals surface area contributed by atoms with Crippen LogP contribution in [0.15, 0.2) is 36.7 Å². The normalized spacial score (nSPS) is 15.8. The molecule has 1 amide bonds. The molecule has 0 saturated heterocycles. The Hall–Kier alpha value is -2.14. The lowest BCUT2D eigenvalue weighted by Crippen LogP contribution is -2.31. The van der Waals surface area contributed by atoms with Crippen LogP contribution < -0.4 is 5.32 Å². The molecule has 0 aliphatic heterocycles. The molecule has 1 saturated carbocycles. The predicted molar refractivity (Wildman–Crippen MR) is 97.2 cm³/mol. The highest BCUT2D eigenvalue weighted by Crippen LogP contribution is 2.40. The Labute approximate surface area is 149 Å². The quantitative estimate of drug-likeness (QED) is 0.813. The Morgan fingerprint density at radius 3 is 2.56 bits per heavy atom. The number of aryl methyl sites for hydroxylation is 2. The summed E-state index contributed by atoms with van der Waals surface area (Å²) in [5.41, 5.74) is 1.11. The van der Waals surface area contributed by atoms with E-state index < -0.39 is 5.60 Å². The number of benzene rings is 1. The molecule has 0 spiro atoms. The fraction of sp³-hybridized carbons (Fsp3) is 0.500. The SMILES string of the molecule is Cn1ccnc1[C@H](NC(=O)c1ccc(CCC(C)(C)O)cc1)C1CC1. The van der Waals surface area contributed by atoms with E-state index in [1.54, 1.807) is 6.20 Å². The van der Waals surface area contributed by atoms with Crippen molar-refractivity contribution in [1.29, 1.82) is 0 Å². The summed E-state index contributed by atoms with van der Waals surface area (Å²) in [5, 5.41) is 13.0. The van der Waals surface area contributed by atoms with Crippen LogP contribution in [0.3, 0.4) is 0 Å². The number of aliphatic hydroxyl groups is 1. The number of amides is 1. The second kappa shape index (κ2) is 7.00. The minimum Gasteiger partial charge on any atom is -0.390 e. The minimum absolute atomic E-state index is 0.0256. The summed E-state index contributed by atoms with van der Waals surface area (Å²) in [6.07, 6.45) is 7.44. The molecule has 5 heteroatoms. The molecule has 134 valence electrons. The van der Waals surface area contributed by atoms with E-state index in [1.165, 1.54) is 0 Å². The summed E-state index contributed by atoms with van der Waals surface area (Å²) < 4.78 is 1.98. The van der Waals surface area contributed by atoms with E-state index in [-0.39, 0.29) is 11.9 Å². The van der Waals surface area contributed by atoms with Crippen molar-refractivity contribution in [2.45, 2.75) is 51.2 Å². The summed E-state index contributed by atoms with van der Waals surface area (Å²) in [4.78, 5) is 17.0. The third-order valence-corrected chi connectivity index (χ3v) is 4.76. The Morgan fingerprint density at radius 2 is 2.04 bits per heavy atom. The summed E-state index contributed by atoms with van der Waals surface area (Å²) in [6, 6.07) is 7.62. The van der Waals surface area contributed by atoms with Gasteiger partial charge in [-0.2, -0.15) is 0 Å². The molecular formula is C20H27N3O2. The molecule has 5 nitrogen and oxygen atoms in total. The molecule has 2 N–H and O–H groups in total. The molecule has 1 atom stereocenters. The molecule has 0 unspecified atom stereocenters. The first kappa shape index (κ1) is 17.7. The molecule has 25 heavy (non-hydrogen) atoms. The average molecular weight is 341 g/mol. The van der Waals surface area contributed by atoms with Crippen molar-refractivity contribution in [2.75, 3.05) is 0 Å². The van der Waals surface area contributed by atoms with Crippen molar-refractivity contribution in [3.05, 3.63) is 53.6 Å². The second-order valence-corrected chi connectivity index (χ2v) is 7.69. The average Bonchev–Trinajstić information content (AvgIpc) is 3.32. The van der Waals surface area contributed by atoms with E-state index >= 15 is 0 Å². The lowest BCUT2D eigenvalue weighted by Gasteiger charge is -2.18. The maximum atomic E-state index is 12.6. The first-order chi connectivity index (χ1) is 11.8. The van der Waals surface area contributed by atoms with Gasteiger partial charge in [0.1, 0.15) is 5.82 Å². The van der Waals surface area contributed by atoms with Crippen LogP contribution in [0.1, 0.15) is 60.9 Å². The second-order valence-electron chi connectivity index (χ2n) is 7.69. The molecular weight excluding hydrogens is 314 g/mol. The van der Waals surface area contributed by atoms with Gasteiger partial charge in [0.05, 0.1) is 11.6 Å². The molecule has 2 aromatic rings. The van der Waals surface area contributed by atoms with E-state index in [4.69, 9.17) is 0 Å². The predicted octanol–water partition coefficient (Wildman–Crippen LogP) is 3.00. The summed E-state index contributed by atoms with van der Waals surface area (Å²) in [7, 11) is 1.96. The topological polar surface area (TPSA) is 67.2 Å². The van der Waals surface area contributed by atoms with E-state index in [0.29, 0.717) is 17.9 Å². The molecule has 1 aliphatic carbocycles. The van der Waals surface area contributed by atoms with Gasteiger partial charge in [0.15, 0.2) is 0 Å². The Bertz CT molecular complexity index is 724. The number of carbonyl (C=O) groups excluding carboxylic acids is 1. The summed E-state index contributed by atoms with van der Waals surface area (Å²) >= 11 is 0. The molecule has 0 radical (unpaired) electrons. The van der Waals surface area contributed by atoms with Crippen LogP contribution in [0, 0.1) is 5.92 Å². The molecule has 1 aromatic heterocycles. The van der Waals surface area contributed by atoms with Crippen molar-refractivity contribution < 1.29 is 9.90 Å². The first-order valence-corrected chi connectivity index (χ1v) is 8.93. The maximum Gasteiger partial charge on any atom is 0.251 e. The zero-order valence-corrected chi connectivity index (χ0v) is 15.2. The largest absolute Gasteiger partial charge is 0.390 e. The van der Waals surface area contributed by atoms with Gasteiger partial charge in [-0.15, -0.1) is 0 Å². The number of aromatic nitrogens is 2. The Balaban J connectivity index is 1.65. The maximum absolute atomic E-state index is 12.6. The third kappa shape index (κ3) is 4.69. The van der Waals surface area contributed by atoms with E-state index in [2.05, 4.69) is 10.3 Å². The van der Waals surface area contributed by atoms with Crippen molar-refractivity contribution in [3.8, 4) is 0 Å². The van der Waals surface area contributed by atoms with Crippen LogP contribution in [-0.4, -0.2) is 26.2 Å². The molecule has 1 aliphatic rings. The van der Waals surface area contributed by atoms with Gasteiger partial charge in [-0.25, -0.2) is 4.98 Å². The fourth-order valence-corrected chi connectivity index (χ4v) is 3.00. The van der Waals surface area contributed by atoms with E-state index in [9.17, 15) is 9.90 Å². The standard InChI is InChI=1S/C20H27N3O2/c1-20(2,25)11-10-14-4-6-16(7-5-14)19(24)22-17(15-8-9-15)18-21-12-13-23(18)3/h4-7,12-13,15,17,25H,8-11H2,1-3H3,(H,22,24)/t17-/m1/s1. The summed E-state index contributed by atoms with van der Waals surface area (Å²) in [5.74, 6) is 1.34. The molecule has 1 aromatic carbocycles. The van der Waals surface area contributed by atoms with Gasteiger partial charge < -0.3 is 15.0 Å². The minimum atomic E-state index is -0.671. The smallest absolute Gasteiger partial charge is 0.251 e. The zero-order chi connectivity index (χ0) is 18.0. The first-order valence-electron chi connectivity index (χ1n) is 8.93. The summed E-state index contributed by atoms with van der Waals surface area (Å²) in [6.45, 7) is 3.62. The highest BCUT2D eigenvalue weighted by atomic mass is 16.3. The van der Waals surface area contributed by atoms with Gasteiger partial charge in [0.2, 0.25) is 0 Å². The highest BCUT2D eigenvalue weighted by Gasteiger charge is 2.35. The van der Waals surface area contributed by atoms with Gasteiger partial charge in [0, 0.05) is 25.0 Å². The zero-order valence-electron chi connectivity index (χ0n) is 15.2. The highest BCUT2D eigenvalue weighted by molar-refractivity contribution is 5.94. The lowest BCUT2D eigenvalue weighted by atomic mass is 9.98. The molecule has 0 bridgehead atoms. The van der Waals surface area contributed by atoms with Crippen molar-refractivity contribution in [3.63, 3.8) is 0 Å². The molecule has 1 fully saturated rings. The Kier molecular flexibility index (Phi) is 4.95. The number of nitrogens with one attached hydrogen (secondary N) is 1. The third-order valence-electron chi connectivity index (χ3n) is 4.76. The van der Waals surface area contributed by atoms with Crippen LogP contribution in [0.25, 0.3) is 0 Å². The van der Waals surface area contributed by atoms with Gasteiger partial charge in [0.25, 0.3) is 5.91 Å². The Morgan fingerprint density at radius 1 is 1.36 bits per heavy atom.